The first-order valence-corrected chi connectivity index (χ1v) is 11.7. The van der Waals surface area contributed by atoms with Gasteiger partial charge in [0.1, 0.15) is 12.4 Å². The second-order valence-corrected chi connectivity index (χ2v) is 8.34. The summed E-state index contributed by atoms with van der Waals surface area (Å²) >= 11 is 0. The lowest BCUT2D eigenvalue weighted by atomic mass is 10.1. The van der Waals surface area contributed by atoms with E-state index >= 15 is 0 Å². The normalized spacial score (nSPS) is 11.1. The molecule has 182 valence electrons. The topological polar surface area (TPSA) is 136 Å². The molecule has 0 bridgehead atoms. The van der Waals surface area contributed by atoms with Gasteiger partial charge in [0.15, 0.2) is 5.69 Å². The number of aromatic nitrogens is 4. The number of aromatic amines is 1. The molecule has 1 aromatic carbocycles. The van der Waals surface area contributed by atoms with Crippen LogP contribution in [0, 0.1) is 6.92 Å². The molecule has 0 fully saturated rings. The van der Waals surface area contributed by atoms with Gasteiger partial charge in [0.2, 0.25) is 5.91 Å². The predicted molar refractivity (Wildman–Crippen MR) is 133 cm³/mol. The molecule has 3 aromatic rings. The number of fused-ring (bicyclic) bond motifs is 1. The van der Waals surface area contributed by atoms with Crippen LogP contribution in [0.3, 0.4) is 0 Å². The van der Waals surface area contributed by atoms with Gasteiger partial charge in [-0.05, 0) is 25.8 Å². The van der Waals surface area contributed by atoms with Crippen molar-refractivity contribution >= 4 is 28.2 Å². The van der Waals surface area contributed by atoms with Crippen LogP contribution >= 0.6 is 0 Å². The molecule has 0 unspecified atom stereocenters. The molecular formula is C24H32N6O4. The van der Waals surface area contributed by atoms with Crippen LogP contribution in [-0.4, -0.2) is 31.8 Å². The van der Waals surface area contributed by atoms with Gasteiger partial charge in [-0.2, -0.15) is 5.10 Å². The number of unbranched alkanes of at least 4 members (excludes halogenated alkanes) is 3. The molecule has 1 amide bonds. The Hall–Kier alpha value is -3.69. The molecule has 0 saturated carbocycles. The molecule has 0 spiro atoms. The molecule has 10 nitrogen and oxygen atoms in total. The summed E-state index contributed by atoms with van der Waals surface area (Å²) in [6, 6.07) is 7.08. The minimum atomic E-state index is -0.727. The van der Waals surface area contributed by atoms with Gasteiger partial charge >= 0.3 is 5.69 Å². The van der Waals surface area contributed by atoms with Crippen molar-refractivity contribution < 1.29 is 4.79 Å². The number of nitrogens with two attached hydrogens (primary N) is 1. The Morgan fingerprint density at radius 3 is 2.41 bits per heavy atom. The highest BCUT2D eigenvalue weighted by Gasteiger charge is 2.25. The summed E-state index contributed by atoms with van der Waals surface area (Å²) < 4.78 is 2.40. The van der Waals surface area contributed by atoms with Gasteiger partial charge in [0, 0.05) is 18.5 Å². The Balaban J connectivity index is 2.06. The maximum atomic E-state index is 13.5. The number of nitrogens with one attached hydrogen (secondary N) is 1. The van der Waals surface area contributed by atoms with Crippen LogP contribution in [0.25, 0.3) is 10.8 Å². The smallest absolute Gasteiger partial charge is 0.330 e. The van der Waals surface area contributed by atoms with Crippen molar-refractivity contribution in [3.05, 3.63) is 61.2 Å². The van der Waals surface area contributed by atoms with Gasteiger partial charge in [-0.3, -0.25) is 23.9 Å². The summed E-state index contributed by atoms with van der Waals surface area (Å²) in [5.41, 5.74) is 5.08. The van der Waals surface area contributed by atoms with Crippen LogP contribution in [-0.2, 0) is 17.9 Å². The molecule has 2 aromatic heterocycles. The fourth-order valence-electron chi connectivity index (χ4n) is 3.98. The summed E-state index contributed by atoms with van der Waals surface area (Å²) in [4.78, 5) is 55.1. The number of nitrogen functional groups attached to an aromatic ring is 1. The molecule has 10 heteroatoms. The molecule has 0 saturated heterocycles. The number of amides is 1. The van der Waals surface area contributed by atoms with E-state index in [0.717, 1.165) is 29.3 Å². The molecule has 34 heavy (non-hydrogen) atoms. The Kier molecular flexibility index (Phi) is 8.04. The van der Waals surface area contributed by atoms with Crippen LogP contribution in [0.1, 0.15) is 51.6 Å². The Morgan fingerprint density at radius 1 is 1.06 bits per heavy atom. The van der Waals surface area contributed by atoms with Crippen molar-refractivity contribution in [2.45, 2.75) is 66.0 Å². The zero-order chi connectivity index (χ0) is 24.8. The number of nitrogens with zero attached hydrogens (tertiary/aromatic N) is 4. The molecule has 0 aliphatic rings. The molecule has 0 atom stereocenters. The Labute approximate surface area is 197 Å². The van der Waals surface area contributed by atoms with E-state index < -0.39 is 22.7 Å². The van der Waals surface area contributed by atoms with Crippen molar-refractivity contribution in [3.63, 3.8) is 0 Å². The number of anilines is 2. The van der Waals surface area contributed by atoms with E-state index in [2.05, 4.69) is 10.1 Å². The fourth-order valence-corrected chi connectivity index (χ4v) is 3.98. The number of hydrogen-bond acceptors (Lipinski definition) is 6. The summed E-state index contributed by atoms with van der Waals surface area (Å²) in [6.45, 7) is 5.97. The average Bonchev–Trinajstić information content (AvgIpc) is 2.81. The number of aryl methyl sites for hydroxylation is 1. The third-order valence-electron chi connectivity index (χ3n) is 5.84. The molecular weight excluding hydrogens is 436 g/mol. The molecule has 3 N–H and O–H groups in total. The van der Waals surface area contributed by atoms with Crippen LogP contribution in [0.4, 0.5) is 11.5 Å². The van der Waals surface area contributed by atoms with Crippen molar-refractivity contribution in [3.8, 4) is 0 Å². The summed E-state index contributed by atoms with van der Waals surface area (Å²) in [7, 11) is 0. The van der Waals surface area contributed by atoms with Crippen molar-refractivity contribution in [2.24, 2.45) is 0 Å². The van der Waals surface area contributed by atoms with Crippen molar-refractivity contribution in [1.29, 1.82) is 0 Å². The predicted octanol–water partition coefficient (Wildman–Crippen LogP) is 2.16. The first-order valence-electron chi connectivity index (χ1n) is 11.7. The average molecular weight is 469 g/mol. The summed E-state index contributed by atoms with van der Waals surface area (Å²) in [5, 5.41) is 5.50. The standard InChI is InChI=1S/C24H32N6O4/c1-4-6-10-14-28(20-21(25)29(13-7-5-2)24(34)26-22(20)32)19(31)15-30-23(33)18-12-9-8-11-17(18)16(3)27-30/h8-9,11-12H,4-7,10,13-15,25H2,1-3H3,(H,26,32,34). The minimum absolute atomic E-state index is 0.0537. The highest BCUT2D eigenvalue weighted by molar-refractivity contribution is 5.95. The fraction of sp³-hybridized carbons (Fsp3) is 0.458. The lowest BCUT2D eigenvalue weighted by Crippen LogP contribution is -2.44. The highest BCUT2D eigenvalue weighted by atomic mass is 16.2. The molecule has 0 aliphatic carbocycles. The maximum Gasteiger partial charge on any atom is 0.330 e. The Bertz CT molecular complexity index is 1350. The summed E-state index contributed by atoms with van der Waals surface area (Å²) in [6.07, 6.45) is 3.90. The number of hydrogen-bond donors (Lipinski definition) is 2. The molecule has 3 rings (SSSR count). The van der Waals surface area contributed by atoms with Crippen LogP contribution in [0.2, 0.25) is 0 Å². The quantitative estimate of drug-likeness (QED) is 0.438. The monoisotopic (exact) mass is 468 g/mol. The van der Waals surface area contributed by atoms with Gasteiger partial charge < -0.3 is 10.6 Å². The lowest BCUT2D eigenvalue weighted by Gasteiger charge is -2.25. The van der Waals surface area contributed by atoms with E-state index in [1.807, 2.05) is 26.0 Å². The molecule has 0 aliphatic heterocycles. The van der Waals surface area contributed by atoms with Gasteiger partial charge in [-0.25, -0.2) is 9.48 Å². The van der Waals surface area contributed by atoms with E-state index in [4.69, 9.17) is 5.73 Å². The second-order valence-electron chi connectivity index (χ2n) is 8.34. The van der Waals surface area contributed by atoms with E-state index in [1.165, 1.54) is 9.47 Å². The van der Waals surface area contributed by atoms with Crippen LogP contribution in [0.15, 0.2) is 38.6 Å². The largest absolute Gasteiger partial charge is 0.383 e. The van der Waals surface area contributed by atoms with Crippen LogP contribution < -0.4 is 27.4 Å². The van der Waals surface area contributed by atoms with Crippen molar-refractivity contribution in [1.82, 2.24) is 19.3 Å². The molecule has 2 heterocycles. The minimum Gasteiger partial charge on any atom is -0.383 e. The lowest BCUT2D eigenvalue weighted by molar-refractivity contribution is -0.119. The van der Waals surface area contributed by atoms with Crippen molar-refractivity contribution in [2.75, 3.05) is 17.2 Å². The number of carbonyl (C=O) groups excluding carboxylic acids is 1. The number of benzene rings is 1. The van der Waals surface area contributed by atoms with E-state index in [-0.39, 0.29) is 24.6 Å². The number of rotatable bonds is 10. The second kappa shape index (κ2) is 11.0. The Morgan fingerprint density at radius 2 is 1.74 bits per heavy atom. The first kappa shape index (κ1) is 24.9. The van der Waals surface area contributed by atoms with E-state index in [0.29, 0.717) is 30.5 Å². The SMILES string of the molecule is CCCCCN(C(=O)Cn1nc(C)c2ccccc2c1=O)c1c(N)n(CCCC)c(=O)[nH]c1=O. The van der Waals surface area contributed by atoms with Gasteiger partial charge in [0.05, 0.1) is 11.1 Å². The van der Waals surface area contributed by atoms with E-state index in [1.54, 1.807) is 19.1 Å². The zero-order valence-electron chi connectivity index (χ0n) is 20.0. The number of H-pyrrole nitrogens is 1. The maximum absolute atomic E-state index is 13.5. The van der Waals surface area contributed by atoms with Gasteiger partial charge in [-0.1, -0.05) is 51.3 Å². The third kappa shape index (κ3) is 5.11. The number of carbonyl (C=O) groups is 1. The van der Waals surface area contributed by atoms with E-state index in [9.17, 15) is 19.2 Å². The summed E-state index contributed by atoms with van der Waals surface area (Å²) in [5.74, 6) is -0.555. The molecule has 0 radical (unpaired) electrons. The van der Waals surface area contributed by atoms with Gasteiger partial charge in [-0.15, -0.1) is 0 Å². The zero-order valence-corrected chi connectivity index (χ0v) is 20.0. The highest BCUT2D eigenvalue weighted by Crippen LogP contribution is 2.19. The third-order valence-corrected chi connectivity index (χ3v) is 5.84. The van der Waals surface area contributed by atoms with Crippen LogP contribution in [0.5, 0.6) is 0 Å². The van der Waals surface area contributed by atoms with Gasteiger partial charge in [0.25, 0.3) is 11.1 Å². The first-order chi connectivity index (χ1) is 16.3.